The van der Waals surface area contributed by atoms with Crippen LogP contribution < -0.4 is 0 Å². The quantitative estimate of drug-likeness (QED) is 0.328. The molecule has 4 heteroatoms. The number of hydrogen-bond acceptors (Lipinski definition) is 3. The molecule has 3 rings (SSSR count). The van der Waals surface area contributed by atoms with E-state index in [1.807, 2.05) is 18.2 Å². The van der Waals surface area contributed by atoms with Gasteiger partial charge in [0.05, 0.1) is 0 Å². The van der Waals surface area contributed by atoms with Crippen molar-refractivity contribution in [2.75, 3.05) is 0 Å². The minimum Gasteiger partial charge on any atom is -0.508 e. The molecule has 3 aromatic carbocycles. The van der Waals surface area contributed by atoms with Crippen molar-refractivity contribution in [3.8, 4) is 17.2 Å². The van der Waals surface area contributed by atoms with Gasteiger partial charge < -0.3 is 22.7 Å². The molecule has 23 heavy (non-hydrogen) atoms. The van der Waals surface area contributed by atoms with Gasteiger partial charge in [-0.25, -0.2) is 0 Å². The number of benzene rings is 3. The van der Waals surface area contributed by atoms with E-state index in [4.69, 9.17) is 15.3 Å². The Labute approximate surface area is 156 Å². The van der Waals surface area contributed by atoms with Gasteiger partial charge in [0.15, 0.2) is 0 Å². The third-order valence-electron chi connectivity index (χ3n) is 2.27. The van der Waals surface area contributed by atoms with Crippen molar-refractivity contribution in [3.63, 3.8) is 0 Å². The number of phenols is 3. The third-order valence-corrected chi connectivity index (χ3v) is 2.27. The fourth-order valence-corrected chi connectivity index (χ4v) is 1.28. The Morgan fingerprint density at radius 1 is 0.391 bits per heavy atom. The summed E-state index contributed by atoms with van der Waals surface area (Å²) in [6, 6.07) is 26.1. The summed E-state index contributed by atoms with van der Waals surface area (Å²) in [7, 11) is 0. The van der Waals surface area contributed by atoms with E-state index in [0.717, 1.165) is 0 Å². The van der Waals surface area contributed by atoms with Gasteiger partial charge in [0, 0.05) is 25.8 Å². The van der Waals surface area contributed by atoms with Crippen LogP contribution in [0.1, 0.15) is 0 Å². The van der Waals surface area contributed by atoms with Crippen LogP contribution in [-0.4, -0.2) is 15.3 Å². The molecule has 3 N–H and O–H groups in total. The summed E-state index contributed by atoms with van der Waals surface area (Å²) in [5.74, 6) is 0.965. The minimum absolute atomic E-state index is 0. The van der Waals surface area contributed by atoms with Crippen molar-refractivity contribution in [1.82, 2.24) is 0 Å². The minimum atomic E-state index is 0. The van der Waals surface area contributed by atoms with Gasteiger partial charge in [0.2, 0.25) is 0 Å². The molecule has 0 amide bonds. The zero-order chi connectivity index (χ0) is 15.3. The second kappa shape index (κ2) is 14.9. The fraction of sp³-hybridized carbons (Fsp3) is 0. The zero-order valence-electron chi connectivity index (χ0n) is 13.0. The predicted molar refractivity (Wildman–Crippen MR) is 90.7 cm³/mol. The number of aromatic hydroxyl groups is 3. The number of phenolic OH excluding ortho intramolecular Hbond substituents is 3. The topological polar surface area (TPSA) is 60.7 Å². The van der Waals surface area contributed by atoms with Gasteiger partial charge in [-0.2, -0.15) is 0 Å². The van der Waals surface area contributed by atoms with Crippen molar-refractivity contribution in [2.24, 2.45) is 0 Å². The van der Waals surface area contributed by atoms with Crippen LogP contribution in [0.4, 0.5) is 0 Å². The van der Waals surface area contributed by atoms with E-state index in [1.54, 1.807) is 72.8 Å². The second-order valence-corrected chi connectivity index (χ2v) is 4.01. The predicted octanol–water partition coefficient (Wildman–Crippen LogP) is 4.62. The molecule has 0 aromatic heterocycles. The summed E-state index contributed by atoms with van der Waals surface area (Å²) < 4.78 is 0. The maximum Gasteiger partial charge on any atom is 0.115 e. The molecule has 0 bridgehead atoms. The Morgan fingerprint density at radius 3 is 0.652 bits per heavy atom. The smallest absolute Gasteiger partial charge is 0.115 e. The Kier molecular flexibility index (Phi) is 15.0. The maximum absolute atomic E-state index is 8.63. The van der Waals surface area contributed by atoms with Gasteiger partial charge in [-0.05, 0) is 36.4 Å². The van der Waals surface area contributed by atoms with Gasteiger partial charge in [-0.3, -0.25) is 0 Å². The van der Waals surface area contributed by atoms with Crippen LogP contribution >= 0.6 is 0 Å². The van der Waals surface area contributed by atoms with Crippen molar-refractivity contribution >= 4 is 0 Å². The summed E-state index contributed by atoms with van der Waals surface area (Å²) in [6.07, 6.45) is 0. The molecule has 0 fully saturated rings. The molecule has 0 aliphatic heterocycles. The third kappa shape index (κ3) is 13.3. The van der Waals surface area contributed by atoms with E-state index >= 15 is 0 Å². The molecule has 0 radical (unpaired) electrons. The fourth-order valence-electron chi connectivity index (χ4n) is 1.28. The van der Waals surface area contributed by atoms with E-state index in [-0.39, 0.29) is 33.3 Å². The number of rotatable bonds is 0. The first-order valence-electron chi connectivity index (χ1n) is 6.40. The van der Waals surface area contributed by atoms with Crippen LogP contribution in [0.15, 0.2) is 91.0 Å². The van der Waals surface area contributed by atoms with Crippen molar-refractivity contribution in [3.05, 3.63) is 98.4 Å². The van der Waals surface area contributed by atoms with Gasteiger partial charge in [0.1, 0.15) is 17.2 Å². The first-order valence-corrected chi connectivity index (χ1v) is 6.40. The Balaban J connectivity index is 0. The molecule has 0 heterocycles. The van der Waals surface area contributed by atoms with Crippen LogP contribution in [0.25, 0.3) is 0 Å². The van der Waals surface area contributed by atoms with Gasteiger partial charge in [-0.15, -0.1) is 0 Å². The monoisotopic (exact) mass is 477 g/mol. The SMILES string of the molecule is Oc1ccccc1.Oc1ccccc1.Oc1ccccc1.[CH3-].[Hf]. The molecule has 3 nitrogen and oxygen atoms in total. The average molecular weight is 476 g/mol. The van der Waals surface area contributed by atoms with Crippen molar-refractivity contribution < 1.29 is 41.2 Å². The molecule has 0 aliphatic rings. The molecule has 0 atom stereocenters. The standard InChI is InChI=1S/3C6H6O.CH3.Hf/c3*7-6-4-2-1-3-5-6;;/h3*1-5,7H;1H3;/q;;;-1;. The summed E-state index contributed by atoms with van der Waals surface area (Å²) >= 11 is 0. The van der Waals surface area contributed by atoms with E-state index in [0.29, 0.717) is 17.2 Å². The molecular weight excluding hydrogens is 455 g/mol. The Morgan fingerprint density at radius 2 is 0.565 bits per heavy atom. The summed E-state index contributed by atoms with van der Waals surface area (Å²) in [4.78, 5) is 0. The zero-order valence-corrected chi connectivity index (χ0v) is 16.6. The van der Waals surface area contributed by atoms with Gasteiger partial charge in [0.25, 0.3) is 0 Å². The van der Waals surface area contributed by atoms with Crippen LogP contribution in [-0.2, 0) is 25.8 Å². The van der Waals surface area contributed by atoms with Crippen LogP contribution in [0.5, 0.6) is 17.2 Å². The summed E-state index contributed by atoms with van der Waals surface area (Å²) in [6.45, 7) is 0. The Bertz CT molecular complexity index is 498. The first kappa shape index (κ1) is 23.2. The van der Waals surface area contributed by atoms with Gasteiger partial charge in [-0.1, -0.05) is 54.6 Å². The molecule has 0 saturated heterocycles. The van der Waals surface area contributed by atoms with Crippen molar-refractivity contribution in [1.29, 1.82) is 0 Å². The normalized spacial score (nSPS) is 7.83. The molecular formula is C19H21HfO3-. The van der Waals surface area contributed by atoms with E-state index in [2.05, 4.69) is 0 Å². The largest absolute Gasteiger partial charge is 0.508 e. The van der Waals surface area contributed by atoms with E-state index < -0.39 is 0 Å². The molecule has 0 aliphatic carbocycles. The number of hydrogen-bond donors (Lipinski definition) is 3. The molecule has 120 valence electrons. The van der Waals surface area contributed by atoms with Gasteiger partial charge >= 0.3 is 0 Å². The van der Waals surface area contributed by atoms with Crippen LogP contribution in [0.2, 0.25) is 0 Å². The summed E-state index contributed by atoms with van der Waals surface area (Å²) in [5, 5.41) is 25.9. The molecule has 0 saturated carbocycles. The maximum atomic E-state index is 8.63. The van der Waals surface area contributed by atoms with Crippen molar-refractivity contribution in [2.45, 2.75) is 0 Å². The second-order valence-electron chi connectivity index (χ2n) is 4.01. The first-order chi connectivity index (χ1) is 10.2. The van der Waals surface area contributed by atoms with Crippen LogP contribution in [0, 0.1) is 7.43 Å². The van der Waals surface area contributed by atoms with E-state index in [1.165, 1.54) is 0 Å². The average Bonchev–Trinajstić information content (AvgIpc) is 2.51. The molecule has 0 unspecified atom stereocenters. The summed E-state index contributed by atoms with van der Waals surface area (Å²) in [5.41, 5.74) is 0. The van der Waals surface area contributed by atoms with Crippen LogP contribution in [0.3, 0.4) is 0 Å². The molecule has 0 spiro atoms. The Hall–Kier alpha value is -2.07. The van der Waals surface area contributed by atoms with E-state index in [9.17, 15) is 0 Å². The molecule has 3 aromatic rings. The number of para-hydroxylation sites is 3.